The third-order valence-corrected chi connectivity index (χ3v) is 5.64. The molecule has 0 aliphatic carbocycles. The maximum absolute atomic E-state index is 12.9. The molecule has 0 spiro atoms. The van der Waals surface area contributed by atoms with E-state index in [2.05, 4.69) is 19.1 Å². The molecule has 0 aliphatic heterocycles. The first-order chi connectivity index (χ1) is 12.4. The first-order valence-electron chi connectivity index (χ1n) is 8.67. The summed E-state index contributed by atoms with van der Waals surface area (Å²) in [7, 11) is 0.114. The van der Waals surface area contributed by atoms with Crippen LogP contribution in [0.25, 0.3) is 0 Å². The van der Waals surface area contributed by atoms with Crippen LogP contribution in [0.5, 0.6) is 11.5 Å². The van der Waals surface area contributed by atoms with Gasteiger partial charge in [0.1, 0.15) is 11.5 Å². The van der Waals surface area contributed by atoms with Gasteiger partial charge in [-0.15, -0.1) is 0 Å². The van der Waals surface area contributed by atoms with Gasteiger partial charge in [-0.1, -0.05) is 42.0 Å². The van der Waals surface area contributed by atoms with Crippen molar-refractivity contribution >= 4 is 19.4 Å². The van der Waals surface area contributed by atoms with Crippen LogP contribution in [0, 0.1) is 27.7 Å². The van der Waals surface area contributed by atoms with Gasteiger partial charge in [0.2, 0.25) is 0 Å². The number of carbonyl (C=O) groups excluding carboxylic acids is 1. The van der Waals surface area contributed by atoms with Crippen LogP contribution in [0.4, 0.5) is 0 Å². The van der Waals surface area contributed by atoms with E-state index in [0.29, 0.717) is 0 Å². The van der Waals surface area contributed by atoms with Gasteiger partial charge in [0, 0.05) is 5.56 Å². The third kappa shape index (κ3) is 5.33. The molecule has 1 atom stereocenters. The van der Waals surface area contributed by atoms with E-state index in [1.807, 2.05) is 69.3 Å². The number of hydrogen-bond donors (Lipinski definition) is 0. The second kappa shape index (κ2) is 9.38. The van der Waals surface area contributed by atoms with Gasteiger partial charge in [-0.2, -0.15) is 0 Å². The van der Waals surface area contributed by atoms with Crippen molar-refractivity contribution in [3.8, 4) is 11.5 Å². The molecular formula is C23H24LiO2P. The Morgan fingerprint density at radius 2 is 1.44 bits per heavy atom. The van der Waals surface area contributed by atoms with E-state index in [9.17, 15) is 4.79 Å². The topological polar surface area (TPSA) is 26.3 Å². The summed E-state index contributed by atoms with van der Waals surface area (Å²) in [4.78, 5) is 12.9. The smallest absolute Gasteiger partial charge is 1.00 e. The predicted molar refractivity (Wildman–Crippen MR) is 112 cm³/mol. The molecule has 1 unspecified atom stereocenters. The fourth-order valence-electron chi connectivity index (χ4n) is 3.19. The molecule has 0 fully saturated rings. The Balaban J connectivity index is 0.00000196. The van der Waals surface area contributed by atoms with Crippen molar-refractivity contribution in [2.75, 3.05) is 0 Å². The van der Waals surface area contributed by atoms with Crippen LogP contribution in [0.1, 0.15) is 34.0 Å². The minimum atomic E-state index is 0. The molecule has 0 amide bonds. The number of ether oxygens (including phenoxy) is 1. The van der Waals surface area contributed by atoms with Crippen molar-refractivity contribution in [2.45, 2.75) is 27.7 Å². The fourth-order valence-corrected chi connectivity index (χ4v) is 4.39. The Morgan fingerprint density at radius 3 is 2.04 bits per heavy atom. The summed E-state index contributed by atoms with van der Waals surface area (Å²) < 4.78 is 5.87. The van der Waals surface area contributed by atoms with Gasteiger partial charge in [-0.25, -0.2) is 0 Å². The molecule has 0 bridgehead atoms. The number of para-hydroxylation sites is 1. The van der Waals surface area contributed by atoms with Crippen molar-refractivity contribution in [3.63, 3.8) is 0 Å². The van der Waals surface area contributed by atoms with Gasteiger partial charge in [0.25, 0.3) is 0 Å². The normalized spacial score (nSPS) is 10.7. The number of aryl methyl sites for hydroxylation is 4. The Bertz CT molecular complexity index is 935. The van der Waals surface area contributed by atoms with Gasteiger partial charge in [0.15, 0.2) is 5.52 Å². The zero-order valence-electron chi connectivity index (χ0n) is 17.6. The average Bonchev–Trinajstić information content (AvgIpc) is 2.57. The minimum absolute atomic E-state index is 0. The van der Waals surface area contributed by atoms with E-state index in [1.165, 1.54) is 5.56 Å². The van der Waals surface area contributed by atoms with E-state index in [0.717, 1.165) is 39.1 Å². The van der Waals surface area contributed by atoms with Crippen LogP contribution in [0.15, 0.2) is 60.7 Å². The first-order valence-corrected chi connectivity index (χ1v) is 9.67. The van der Waals surface area contributed by atoms with Gasteiger partial charge in [-0.3, -0.25) is 4.79 Å². The van der Waals surface area contributed by atoms with E-state index in [1.54, 1.807) is 0 Å². The van der Waals surface area contributed by atoms with Gasteiger partial charge in [-0.05, 0) is 82.5 Å². The number of hydrogen-bond acceptors (Lipinski definition) is 2. The van der Waals surface area contributed by atoms with Crippen molar-refractivity contribution in [1.29, 1.82) is 0 Å². The van der Waals surface area contributed by atoms with Crippen molar-refractivity contribution < 1.29 is 29.8 Å². The van der Waals surface area contributed by atoms with Crippen LogP contribution in [0.2, 0.25) is 0 Å². The summed E-state index contributed by atoms with van der Waals surface area (Å²) in [5, 5.41) is 1.06. The van der Waals surface area contributed by atoms with E-state index >= 15 is 0 Å². The molecule has 27 heavy (non-hydrogen) atoms. The Morgan fingerprint density at radius 1 is 0.815 bits per heavy atom. The summed E-state index contributed by atoms with van der Waals surface area (Å²) in [6.45, 7) is 8.12. The zero-order valence-corrected chi connectivity index (χ0v) is 17.6. The maximum atomic E-state index is 12.9. The van der Waals surface area contributed by atoms with Crippen molar-refractivity contribution in [1.82, 2.24) is 0 Å². The summed E-state index contributed by atoms with van der Waals surface area (Å²) in [6.07, 6.45) is 0. The summed E-state index contributed by atoms with van der Waals surface area (Å²) in [5.41, 5.74) is 5.44. The molecule has 4 heteroatoms. The van der Waals surface area contributed by atoms with E-state index in [-0.39, 0.29) is 34.4 Å². The van der Waals surface area contributed by atoms with Crippen LogP contribution in [-0.2, 0) is 0 Å². The molecule has 0 saturated carbocycles. The number of carbonyl (C=O) groups is 1. The SMILES string of the molecule is Cc1cc(C)c(C(=O)Pc2ccc(Oc3ccccc3)cc2C)c(C)c1.[H-].[Li+]. The standard InChI is InChI=1S/C23H23O2P.Li.H/c1-15-12-17(3)22(18(4)13-15)23(24)26-21-11-10-20(14-16(21)2)25-19-8-6-5-7-9-19;;/h5-14,26H,1-4H3;;/q;+1;-1. The van der Waals surface area contributed by atoms with Crippen LogP contribution >= 0.6 is 8.58 Å². The number of rotatable bonds is 5. The average molecular weight is 370 g/mol. The van der Waals surface area contributed by atoms with E-state index in [4.69, 9.17) is 4.74 Å². The van der Waals surface area contributed by atoms with Gasteiger partial charge < -0.3 is 6.16 Å². The molecule has 0 saturated heterocycles. The second-order valence-corrected chi connectivity index (χ2v) is 7.86. The van der Waals surface area contributed by atoms with Crippen LogP contribution in [-0.4, -0.2) is 5.52 Å². The molecule has 0 radical (unpaired) electrons. The summed E-state index contributed by atoms with van der Waals surface area (Å²) >= 11 is 0. The zero-order chi connectivity index (χ0) is 18.7. The molecule has 0 aliphatic rings. The quantitative estimate of drug-likeness (QED) is 0.510. The molecular weight excluding hydrogens is 346 g/mol. The fraction of sp³-hybridized carbons (Fsp3) is 0.174. The second-order valence-electron chi connectivity index (χ2n) is 6.62. The van der Waals surface area contributed by atoms with Gasteiger partial charge in [0.05, 0.1) is 0 Å². The minimum Gasteiger partial charge on any atom is -1.00 e. The molecule has 0 aromatic heterocycles. The number of benzene rings is 3. The molecule has 3 rings (SSSR count). The van der Waals surface area contributed by atoms with Crippen LogP contribution in [0.3, 0.4) is 0 Å². The first kappa shape index (κ1) is 21.5. The molecule has 0 N–H and O–H groups in total. The van der Waals surface area contributed by atoms with Crippen molar-refractivity contribution in [3.05, 3.63) is 88.5 Å². The molecule has 3 aromatic rings. The van der Waals surface area contributed by atoms with E-state index < -0.39 is 0 Å². The Kier molecular flexibility index (Phi) is 7.46. The monoisotopic (exact) mass is 370 g/mol. The maximum Gasteiger partial charge on any atom is 1.00 e. The third-order valence-electron chi connectivity index (χ3n) is 4.33. The van der Waals surface area contributed by atoms with Crippen LogP contribution < -0.4 is 28.9 Å². The molecule has 134 valence electrons. The molecule has 0 heterocycles. The molecule has 2 nitrogen and oxygen atoms in total. The Labute approximate surface area is 176 Å². The summed E-state index contributed by atoms with van der Waals surface area (Å²) in [6, 6.07) is 19.8. The predicted octanol–water partition coefficient (Wildman–Crippen LogP) is 2.97. The van der Waals surface area contributed by atoms with Gasteiger partial charge >= 0.3 is 18.9 Å². The molecule has 3 aromatic carbocycles. The largest absolute Gasteiger partial charge is 1.00 e. The summed E-state index contributed by atoms with van der Waals surface area (Å²) in [5.74, 6) is 1.60. The van der Waals surface area contributed by atoms with Crippen molar-refractivity contribution in [2.24, 2.45) is 0 Å². The Hall–Kier alpha value is -1.84.